The molecule has 0 saturated carbocycles. The predicted octanol–water partition coefficient (Wildman–Crippen LogP) is 1.68. The first kappa shape index (κ1) is 17.7. The minimum Gasteiger partial charge on any atom is -0.268 e. The van der Waals surface area contributed by atoms with Crippen LogP contribution in [0, 0.1) is 6.92 Å². The molecule has 1 aromatic carbocycles. The van der Waals surface area contributed by atoms with Crippen molar-refractivity contribution >= 4 is 27.0 Å². The Morgan fingerprint density at radius 1 is 0.929 bits per heavy atom. The summed E-state index contributed by atoms with van der Waals surface area (Å²) in [6.45, 7) is 1.69. The molecular weight excluding hydrogens is 380 g/mol. The standard InChI is InChI=1S/C18H14N6O3S/c1-12-22-16-15(4-2-9-19-16)17(25)24(12)13-5-7-14(8-6-13)28(26,27)23-18-20-10-3-11-21-18/h2-11H,1H3,(H,20,21,23). The fourth-order valence-electron chi connectivity index (χ4n) is 2.73. The van der Waals surface area contributed by atoms with Crippen molar-refractivity contribution in [2.75, 3.05) is 4.72 Å². The number of anilines is 1. The van der Waals surface area contributed by atoms with Gasteiger partial charge in [0.25, 0.3) is 15.6 Å². The molecule has 0 aliphatic heterocycles. The molecule has 0 aliphatic carbocycles. The van der Waals surface area contributed by atoms with Crippen molar-refractivity contribution in [1.29, 1.82) is 0 Å². The van der Waals surface area contributed by atoms with Crippen molar-refractivity contribution in [1.82, 2.24) is 24.5 Å². The van der Waals surface area contributed by atoms with E-state index in [0.29, 0.717) is 22.5 Å². The number of hydrogen-bond donors (Lipinski definition) is 1. The van der Waals surface area contributed by atoms with E-state index in [1.54, 1.807) is 43.5 Å². The molecule has 0 unspecified atom stereocenters. The molecule has 0 bridgehead atoms. The van der Waals surface area contributed by atoms with Crippen LogP contribution in [0.4, 0.5) is 5.95 Å². The third-order valence-electron chi connectivity index (χ3n) is 4.01. The summed E-state index contributed by atoms with van der Waals surface area (Å²) in [5.41, 5.74) is 0.588. The fraction of sp³-hybridized carbons (Fsp3) is 0.0556. The molecule has 140 valence electrons. The highest BCUT2D eigenvalue weighted by Crippen LogP contribution is 2.17. The average Bonchev–Trinajstić information content (AvgIpc) is 2.69. The van der Waals surface area contributed by atoms with Crippen LogP contribution in [0.2, 0.25) is 0 Å². The summed E-state index contributed by atoms with van der Waals surface area (Å²) in [7, 11) is -3.86. The number of pyridine rings is 1. The summed E-state index contributed by atoms with van der Waals surface area (Å²) in [5.74, 6) is 0.424. The highest BCUT2D eigenvalue weighted by molar-refractivity contribution is 7.92. The molecular formula is C18H14N6O3S. The monoisotopic (exact) mass is 394 g/mol. The van der Waals surface area contributed by atoms with Gasteiger partial charge in [-0.25, -0.2) is 33.1 Å². The van der Waals surface area contributed by atoms with Gasteiger partial charge < -0.3 is 0 Å². The van der Waals surface area contributed by atoms with Crippen molar-refractivity contribution < 1.29 is 8.42 Å². The molecule has 28 heavy (non-hydrogen) atoms. The molecule has 0 amide bonds. The van der Waals surface area contributed by atoms with Gasteiger partial charge in [-0.2, -0.15) is 0 Å². The van der Waals surface area contributed by atoms with E-state index < -0.39 is 10.0 Å². The maximum Gasteiger partial charge on any atom is 0.267 e. The minimum absolute atomic E-state index is 0.0184. The van der Waals surface area contributed by atoms with E-state index in [1.807, 2.05) is 0 Å². The van der Waals surface area contributed by atoms with Crippen LogP contribution >= 0.6 is 0 Å². The van der Waals surface area contributed by atoms with Crippen LogP contribution < -0.4 is 10.3 Å². The number of rotatable bonds is 4. The Balaban J connectivity index is 1.73. The molecule has 0 atom stereocenters. The van der Waals surface area contributed by atoms with Gasteiger partial charge in [0, 0.05) is 18.6 Å². The van der Waals surface area contributed by atoms with E-state index in [-0.39, 0.29) is 16.4 Å². The quantitative estimate of drug-likeness (QED) is 0.559. The number of benzene rings is 1. The minimum atomic E-state index is -3.86. The van der Waals surface area contributed by atoms with Crippen LogP contribution in [0.15, 0.2) is 70.7 Å². The van der Waals surface area contributed by atoms with E-state index in [0.717, 1.165) is 0 Å². The zero-order valence-electron chi connectivity index (χ0n) is 14.6. The Bertz CT molecular complexity index is 1320. The van der Waals surface area contributed by atoms with Gasteiger partial charge in [-0.05, 0) is 49.4 Å². The smallest absolute Gasteiger partial charge is 0.267 e. The molecule has 3 heterocycles. The van der Waals surface area contributed by atoms with Gasteiger partial charge in [0.15, 0.2) is 5.65 Å². The van der Waals surface area contributed by atoms with Crippen molar-refractivity contribution in [3.63, 3.8) is 0 Å². The van der Waals surface area contributed by atoms with Crippen molar-refractivity contribution in [2.45, 2.75) is 11.8 Å². The average molecular weight is 394 g/mol. The first-order valence-corrected chi connectivity index (χ1v) is 9.69. The first-order chi connectivity index (χ1) is 13.5. The van der Waals surface area contributed by atoms with Crippen LogP contribution in [0.5, 0.6) is 0 Å². The zero-order valence-corrected chi connectivity index (χ0v) is 15.5. The summed E-state index contributed by atoms with van der Waals surface area (Å²) in [4.78, 5) is 29.0. The SMILES string of the molecule is Cc1nc2ncccc2c(=O)n1-c1ccc(S(=O)(=O)Nc2ncccn2)cc1. The van der Waals surface area contributed by atoms with Crippen LogP contribution in [0.3, 0.4) is 0 Å². The second-order valence-corrected chi connectivity index (χ2v) is 7.53. The van der Waals surface area contributed by atoms with Crippen LogP contribution in [-0.2, 0) is 10.0 Å². The summed E-state index contributed by atoms with van der Waals surface area (Å²) in [5, 5.41) is 0.382. The van der Waals surface area contributed by atoms with Gasteiger partial charge in [-0.3, -0.25) is 9.36 Å². The maximum absolute atomic E-state index is 12.8. The van der Waals surface area contributed by atoms with Gasteiger partial charge in [-0.15, -0.1) is 0 Å². The number of aromatic nitrogens is 5. The van der Waals surface area contributed by atoms with E-state index in [2.05, 4.69) is 24.7 Å². The zero-order chi connectivity index (χ0) is 19.7. The van der Waals surface area contributed by atoms with Gasteiger partial charge in [0.2, 0.25) is 5.95 Å². The topological polar surface area (TPSA) is 120 Å². The molecule has 9 nitrogen and oxygen atoms in total. The van der Waals surface area contributed by atoms with Crippen LogP contribution in [-0.4, -0.2) is 32.9 Å². The van der Waals surface area contributed by atoms with Gasteiger partial charge in [-0.1, -0.05) is 0 Å². The number of hydrogen-bond acceptors (Lipinski definition) is 7. The number of nitrogens with one attached hydrogen (secondary N) is 1. The lowest BCUT2D eigenvalue weighted by Crippen LogP contribution is -2.22. The third kappa shape index (κ3) is 3.21. The van der Waals surface area contributed by atoms with E-state index in [1.165, 1.54) is 29.1 Å². The molecule has 1 N–H and O–H groups in total. The summed E-state index contributed by atoms with van der Waals surface area (Å²) in [6.07, 6.45) is 4.44. The molecule has 0 fully saturated rings. The van der Waals surface area contributed by atoms with Crippen molar-refractivity contribution in [3.05, 3.63) is 77.2 Å². The van der Waals surface area contributed by atoms with Gasteiger partial charge >= 0.3 is 0 Å². The first-order valence-electron chi connectivity index (χ1n) is 8.20. The van der Waals surface area contributed by atoms with Crippen LogP contribution in [0.25, 0.3) is 16.7 Å². The van der Waals surface area contributed by atoms with E-state index >= 15 is 0 Å². The summed E-state index contributed by atoms with van der Waals surface area (Å²) >= 11 is 0. The maximum atomic E-state index is 12.8. The predicted molar refractivity (Wildman–Crippen MR) is 103 cm³/mol. The number of nitrogens with zero attached hydrogens (tertiary/aromatic N) is 5. The molecule has 10 heteroatoms. The number of aryl methyl sites for hydroxylation is 1. The highest BCUT2D eigenvalue weighted by Gasteiger charge is 2.16. The second-order valence-electron chi connectivity index (χ2n) is 5.85. The lowest BCUT2D eigenvalue weighted by molar-refractivity contribution is 0.601. The highest BCUT2D eigenvalue weighted by atomic mass is 32.2. The van der Waals surface area contributed by atoms with Gasteiger partial charge in [0.05, 0.1) is 16.0 Å². The Morgan fingerprint density at radius 2 is 1.61 bits per heavy atom. The van der Waals surface area contributed by atoms with E-state index in [4.69, 9.17) is 0 Å². The van der Waals surface area contributed by atoms with E-state index in [9.17, 15) is 13.2 Å². The number of fused-ring (bicyclic) bond motifs is 1. The molecule has 0 aliphatic rings. The third-order valence-corrected chi connectivity index (χ3v) is 5.35. The van der Waals surface area contributed by atoms with Crippen molar-refractivity contribution in [3.8, 4) is 5.69 Å². The molecule has 4 aromatic rings. The summed E-state index contributed by atoms with van der Waals surface area (Å²) in [6, 6.07) is 10.8. The second kappa shape index (κ2) is 6.82. The largest absolute Gasteiger partial charge is 0.268 e. The molecule has 0 saturated heterocycles. The fourth-order valence-corrected chi connectivity index (χ4v) is 3.69. The summed E-state index contributed by atoms with van der Waals surface area (Å²) < 4.78 is 28.7. The molecule has 3 aromatic heterocycles. The Labute approximate surface area is 159 Å². The molecule has 0 radical (unpaired) electrons. The van der Waals surface area contributed by atoms with Crippen molar-refractivity contribution in [2.24, 2.45) is 0 Å². The molecule has 4 rings (SSSR count). The number of sulfonamides is 1. The Hall–Kier alpha value is -3.66. The molecule has 0 spiro atoms. The normalized spacial score (nSPS) is 11.5. The van der Waals surface area contributed by atoms with Gasteiger partial charge in [0.1, 0.15) is 5.82 Å². The Morgan fingerprint density at radius 3 is 2.32 bits per heavy atom. The lowest BCUT2D eigenvalue weighted by Gasteiger charge is -2.11. The van der Waals surface area contributed by atoms with Crippen LogP contribution in [0.1, 0.15) is 5.82 Å². The lowest BCUT2D eigenvalue weighted by atomic mass is 10.3. The Kier molecular flexibility index (Phi) is 4.32.